The van der Waals surface area contributed by atoms with Crippen molar-refractivity contribution in [3.05, 3.63) is 57.6 Å². The average molecular weight is 307 g/mol. The largest absolute Gasteiger partial charge is 0.399 e. The van der Waals surface area contributed by atoms with Gasteiger partial charge < -0.3 is 5.73 Å². The average Bonchev–Trinajstić information content (AvgIpc) is 2.63. The molecule has 100 valence electrons. The van der Waals surface area contributed by atoms with E-state index in [2.05, 4.69) is 0 Å². The van der Waals surface area contributed by atoms with Crippen LogP contribution in [0.3, 0.4) is 0 Å². The van der Waals surface area contributed by atoms with Gasteiger partial charge in [0.1, 0.15) is 0 Å². The van der Waals surface area contributed by atoms with E-state index >= 15 is 0 Å². The van der Waals surface area contributed by atoms with Crippen molar-refractivity contribution in [3.8, 4) is 0 Å². The number of carbonyl (C=O) groups excluding carboxylic acids is 2. The Labute approximate surface area is 124 Å². The Balaban J connectivity index is 2.20. The number of rotatable bonds is 1. The molecular formula is C14H8Cl2N2O2. The highest BCUT2D eigenvalue weighted by molar-refractivity contribution is 6.44. The molecule has 3 rings (SSSR count). The fraction of sp³-hybridized carbons (Fsp3) is 0. The van der Waals surface area contributed by atoms with Crippen LogP contribution in [0, 0.1) is 0 Å². The van der Waals surface area contributed by atoms with E-state index in [1.807, 2.05) is 0 Å². The lowest BCUT2D eigenvalue weighted by Gasteiger charge is -2.16. The van der Waals surface area contributed by atoms with Gasteiger partial charge >= 0.3 is 0 Å². The van der Waals surface area contributed by atoms with E-state index in [4.69, 9.17) is 28.9 Å². The first-order valence-corrected chi connectivity index (χ1v) is 6.48. The fourth-order valence-corrected chi connectivity index (χ4v) is 2.73. The Morgan fingerprint density at radius 2 is 1.50 bits per heavy atom. The normalized spacial score (nSPS) is 13.8. The standard InChI is InChI=1S/C14H8Cl2N2O2/c15-10-2-1-3-11(16)12(10)18-13(19)8-5-4-7(17)6-9(8)14(18)20/h1-6H,17H2. The molecule has 0 radical (unpaired) electrons. The molecule has 0 aromatic heterocycles. The summed E-state index contributed by atoms with van der Waals surface area (Å²) in [5.74, 6) is -0.938. The van der Waals surface area contributed by atoms with Crippen LogP contribution < -0.4 is 10.6 Å². The van der Waals surface area contributed by atoms with Crippen molar-refractivity contribution in [3.63, 3.8) is 0 Å². The van der Waals surface area contributed by atoms with E-state index in [1.165, 1.54) is 12.1 Å². The Bertz CT molecular complexity index is 739. The molecule has 0 saturated heterocycles. The number of benzene rings is 2. The fourth-order valence-electron chi connectivity index (χ4n) is 2.16. The second-order valence-electron chi connectivity index (χ2n) is 4.32. The second-order valence-corrected chi connectivity index (χ2v) is 5.14. The summed E-state index contributed by atoms with van der Waals surface area (Å²) >= 11 is 12.1. The zero-order chi connectivity index (χ0) is 14.4. The van der Waals surface area contributed by atoms with Crippen molar-refractivity contribution >= 4 is 46.4 Å². The molecule has 2 aromatic carbocycles. The topological polar surface area (TPSA) is 63.4 Å². The van der Waals surface area contributed by atoms with Gasteiger partial charge in [0, 0.05) is 5.69 Å². The van der Waals surface area contributed by atoms with Crippen LogP contribution in [0.25, 0.3) is 0 Å². The molecule has 0 bridgehead atoms. The van der Waals surface area contributed by atoms with Gasteiger partial charge in [0.05, 0.1) is 26.9 Å². The van der Waals surface area contributed by atoms with E-state index in [0.29, 0.717) is 11.3 Å². The number of nitrogens with two attached hydrogens (primary N) is 1. The van der Waals surface area contributed by atoms with Crippen LogP contribution in [-0.4, -0.2) is 11.8 Å². The maximum Gasteiger partial charge on any atom is 0.266 e. The Kier molecular flexibility index (Phi) is 2.92. The third kappa shape index (κ3) is 1.77. The molecule has 2 amide bonds. The maximum atomic E-state index is 12.4. The van der Waals surface area contributed by atoms with Gasteiger partial charge in [-0.2, -0.15) is 0 Å². The Hall–Kier alpha value is -2.04. The first kappa shape index (κ1) is 13.0. The molecule has 2 N–H and O–H groups in total. The van der Waals surface area contributed by atoms with Crippen LogP contribution in [0.4, 0.5) is 11.4 Å². The molecule has 1 aliphatic heterocycles. The molecule has 2 aromatic rings. The summed E-state index contributed by atoms with van der Waals surface area (Å²) < 4.78 is 0. The summed E-state index contributed by atoms with van der Waals surface area (Å²) in [6.45, 7) is 0. The molecule has 1 heterocycles. The van der Waals surface area contributed by atoms with Crippen molar-refractivity contribution in [1.82, 2.24) is 0 Å². The molecule has 4 nitrogen and oxygen atoms in total. The SMILES string of the molecule is Nc1ccc2c(c1)C(=O)N(c1c(Cl)cccc1Cl)C2=O. The van der Waals surface area contributed by atoms with Crippen LogP contribution in [0.2, 0.25) is 10.0 Å². The summed E-state index contributed by atoms with van der Waals surface area (Å²) in [4.78, 5) is 25.7. The molecule has 6 heteroatoms. The Morgan fingerprint density at radius 1 is 0.900 bits per heavy atom. The van der Waals surface area contributed by atoms with Gasteiger partial charge in [-0.3, -0.25) is 9.59 Å². The van der Waals surface area contributed by atoms with Crippen molar-refractivity contribution in [2.24, 2.45) is 0 Å². The maximum absolute atomic E-state index is 12.4. The number of hydrogen-bond donors (Lipinski definition) is 1. The zero-order valence-electron chi connectivity index (χ0n) is 10.1. The van der Waals surface area contributed by atoms with Gasteiger partial charge in [-0.1, -0.05) is 29.3 Å². The van der Waals surface area contributed by atoms with Crippen molar-refractivity contribution in [2.75, 3.05) is 10.6 Å². The third-order valence-electron chi connectivity index (χ3n) is 3.07. The number of carbonyl (C=O) groups is 2. The quantitative estimate of drug-likeness (QED) is 0.649. The third-order valence-corrected chi connectivity index (χ3v) is 3.68. The minimum absolute atomic E-state index is 0.195. The van der Waals surface area contributed by atoms with Gasteiger partial charge in [0.2, 0.25) is 0 Å². The summed E-state index contributed by atoms with van der Waals surface area (Å²) in [6, 6.07) is 9.35. The summed E-state index contributed by atoms with van der Waals surface area (Å²) in [5.41, 5.74) is 6.80. The first-order valence-electron chi connectivity index (χ1n) is 5.73. The molecule has 0 spiro atoms. The lowest BCUT2D eigenvalue weighted by molar-refractivity contribution is 0.0926. The molecule has 20 heavy (non-hydrogen) atoms. The summed E-state index contributed by atoms with van der Waals surface area (Å²) in [7, 11) is 0. The summed E-state index contributed by atoms with van der Waals surface area (Å²) in [6.07, 6.45) is 0. The minimum atomic E-state index is -0.479. The van der Waals surface area contributed by atoms with E-state index in [9.17, 15) is 9.59 Å². The number of para-hydroxylation sites is 1. The van der Waals surface area contributed by atoms with Gasteiger partial charge in [-0.05, 0) is 30.3 Å². The van der Waals surface area contributed by atoms with Crippen LogP contribution in [0.1, 0.15) is 20.7 Å². The number of fused-ring (bicyclic) bond motifs is 1. The predicted molar refractivity (Wildman–Crippen MR) is 78.5 cm³/mol. The van der Waals surface area contributed by atoms with E-state index in [0.717, 1.165) is 4.90 Å². The number of nitrogen functional groups attached to an aromatic ring is 1. The summed E-state index contributed by atoms with van der Waals surface area (Å²) in [5, 5.41) is 0.472. The Morgan fingerprint density at radius 3 is 2.15 bits per heavy atom. The lowest BCUT2D eigenvalue weighted by atomic mass is 10.1. The number of nitrogens with zero attached hydrogens (tertiary/aromatic N) is 1. The van der Waals surface area contributed by atoms with Crippen LogP contribution >= 0.6 is 23.2 Å². The number of anilines is 2. The van der Waals surface area contributed by atoms with Crippen LogP contribution in [0.15, 0.2) is 36.4 Å². The minimum Gasteiger partial charge on any atom is -0.399 e. The monoisotopic (exact) mass is 306 g/mol. The van der Waals surface area contributed by atoms with E-state index < -0.39 is 11.8 Å². The molecule has 0 unspecified atom stereocenters. The number of imide groups is 1. The van der Waals surface area contributed by atoms with Crippen molar-refractivity contribution < 1.29 is 9.59 Å². The van der Waals surface area contributed by atoms with Crippen LogP contribution in [0.5, 0.6) is 0 Å². The zero-order valence-corrected chi connectivity index (χ0v) is 11.6. The van der Waals surface area contributed by atoms with Gasteiger partial charge in [0.25, 0.3) is 11.8 Å². The van der Waals surface area contributed by atoms with Crippen molar-refractivity contribution in [2.45, 2.75) is 0 Å². The highest BCUT2D eigenvalue weighted by Gasteiger charge is 2.38. The predicted octanol–water partition coefficient (Wildman–Crippen LogP) is 3.38. The van der Waals surface area contributed by atoms with Crippen LogP contribution in [-0.2, 0) is 0 Å². The highest BCUT2D eigenvalue weighted by Crippen LogP contribution is 2.38. The molecule has 0 aliphatic carbocycles. The number of amides is 2. The molecule has 1 aliphatic rings. The van der Waals surface area contributed by atoms with Crippen molar-refractivity contribution in [1.29, 1.82) is 0 Å². The van der Waals surface area contributed by atoms with Gasteiger partial charge in [0.15, 0.2) is 0 Å². The lowest BCUT2D eigenvalue weighted by Crippen LogP contribution is -2.29. The number of hydrogen-bond acceptors (Lipinski definition) is 3. The molecule has 0 saturated carbocycles. The van der Waals surface area contributed by atoms with Gasteiger partial charge in [-0.25, -0.2) is 4.90 Å². The highest BCUT2D eigenvalue weighted by atomic mass is 35.5. The molecule has 0 fully saturated rings. The first-order chi connectivity index (χ1) is 9.50. The second kappa shape index (κ2) is 4.51. The molecule has 0 atom stereocenters. The van der Waals surface area contributed by atoms with E-state index in [-0.39, 0.29) is 21.3 Å². The van der Waals surface area contributed by atoms with Gasteiger partial charge in [-0.15, -0.1) is 0 Å². The van der Waals surface area contributed by atoms with E-state index in [1.54, 1.807) is 24.3 Å². The smallest absolute Gasteiger partial charge is 0.266 e. The molecular weight excluding hydrogens is 299 g/mol. The number of halogens is 2.